The molecule has 6 heteroatoms. The van der Waals surface area contributed by atoms with Crippen molar-refractivity contribution >= 4 is 22.6 Å². The first-order valence-corrected chi connectivity index (χ1v) is 3.25. The Bertz CT molecular complexity index is 246. The zero-order valence-corrected chi connectivity index (χ0v) is 5.72. The van der Waals surface area contributed by atoms with Crippen molar-refractivity contribution in [3.8, 4) is 5.88 Å². The van der Waals surface area contributed by atoms with E-state index in [0.717, 1.165) is 0 Å². The molecule has 5 nitrogen and oxygen atoms in total. The van der Waals surface area contributed by atoms with Crippen LogP contribution in [0.25, 0.3) is 0 Å². The molecular formula is C4H5N3O2S. The first kappa shape index (κ1) is 6.81. The van der Waals surface area contributed by atoms with Gasteiger partial charge in [-0.3, -0.25) is 0 Å². The van der Waals surface area contributed by atoms with Gasteiger partial charge in [-0.25, -0.2) is 4.79 Å². The summed E-state index contributed by atoms with van der Waals surface area (Å²) < 4.78 is 4.39. The number of thiazole rings is 1. The Hall–Kier alpha value is -1.30. The van der Waals surface area contributed by atoms with Gasteiger partial charge in [0.25, 0.3) is 0 Å². The Kier molecular flexibility index (Phi) is 1.72. The Morgan fingerprint density at radius 2 is 2.50 bits per heavy atom. The van der Waals surface area contributed by atoms with Crippen molar-refractivity contribution in [1.82, 2.24) is 4.98 Å². The molecule has 1 rings (SSSR count). The van der Waals surface area contributed by atoms with Crippen LogP contribution in [0.3, 0.4) is 0 Å². The second-order valence-electron chi connectivity index (χ2n) is 1.45. The highest BCUT2D eigenvalue weighted by molar-refractivity contribution is 7.13. The summed E-state index contributed by atoms with van der Waals surface area (Å²) in [6, 6.07) is 0. The zero-order valence-electron chi connectivity index (χ0n) is 4.90. The fourth-order valence-electron chi connectivity index (χ4n) is 0.422. The maximum atomic E-state index is 10.1. The number of nitrogen functional groups attached to an aromatic ring is 1. The third-order valence-corrected chi connectivity index (χ3v) is 1.36. The van der Waals surface area contributed by atoms with E-state index in [0.29, 0.717) is 5.13 Å². The Morgan fingerprint density at radius 3 is 2.90 bits per heavy atom. The van der Waals surface area contributed by atoms with Crippen LogP contribution in [0, 0.1) is 0 Å². The van der Waals surface area contributed by atoms with Gasteiger partial charge in [-0.15, -0.1) is 11.3 Å². The van der Waals surface area contributed by atoms with Crippen LogP contribution in [0.5, 0.6) is 5.88 Å². The van der Waals surface area contributed by atoms with E-state index in [1.165, 1.54) is 16.7 Å². The molecule has 0 fully saturated rings. The van der Waals surface area contributed by atoms with Gasteiger partial charge in [0.15, 0.2) is 5.13 Å². The van der Waals surface area contributed by atoms with Gasteiger partial charge in [-0.05, 0) is 0 Å². The lowest BCUT2D eigenvalue weighted by molar-refractivity contribution is 0.209. The smallest absolute Gasteiger partial charge is 0.390 e. The van der Waals surface area contributed by atoms with E-state index in [1.54, 1.807) is 0 Å². The number of hydrogen-bond donors (Lipinski definition) is 2. The molecule has 0 saturated carbocycles. The molecule has 0 aromatic carbocycles. The molecule has 4 N–H and O–H groups in total. The van der Waals surface area contributed by atoms with Crippen molar-refractivity contribution in [3.63, 3.8) is 0 Å². The van der Waals surface area contributed by atoms with Gasteiger partial charge in [-0.1, -0.05) is 0 Å². The normalized spacial score (nSPS) is 9.20. The van der Waals surface area contributed by atoms with E-state index < -0.39 is 6.09 Å². The van der Waals surface area contributed by atoms with Crippen LogP contribution in [0.1, 0.15) is 0 Å². The largest absolute Gasteiger partial charge is 0.411 e. The van der Waals surface area contributed by atoms with Crippen LogP contribution >= 0.6 is 11.3 Å². The molecule has 0 saturated heterocycles. The minimum Gasteiger partial charge on any atom is -0.390 e. The van der Waals surface area contributed by atoms with Crippen LogP contribution < -0.4 is 16.2 Å². The summed E-state index contributed by atoms with van der Waals surface area (Å²) in [6.07, 6.45) is -0.884. The van der Waals surface area contributed by atoms with Crippen molar-refractivity contribution < 1.29 is 9.53 Å². The van der Waals surface area contributed by atoms with Crippen LogP contribution in [0.15, 0.2) is 5.38 Å². The maximum absolute atomic E-state index is 10.1. The predicted molar refractivity (Wildman–Crippen MR) is 36.7 cm³/mol. The van der Waals surface area contributed by atoms with Crippen LogP contribution in [0.4, 0.5) is 9.93 Å². The van der Waals surface area contributed by atoms with Crippen LogP contribution in [-0.4, -0.2) is 11.1 Å². The number of ether oxygens (including phenoxy) is 1. The van der Waals surface area contributed by atoms with Crippen molar-refractivity contribution in [1.29, 1.82) is 0 Å². The lowest BCUT2D eigenvalue weighted by Gasteiger charge is -1.90. The van der Waals surface area contributed by atoms with E-state index in [-0.39, 0.29) is 5.88 Å². The third kappa shape index (κ3) is 1.59. The van der Waals surface area contributed by atoms with Crippen LogP contribution in [-0.2, 0) is 0 Å². The number of carbonyl (C=O) groups is 1. The summed E-state index contributed by atoms with van der Waals surface area (Å²) in [4.78, 5) is 13.7. The van der Waals surface area contributed by atoms with Gasteiger partial charge in [-0.2, -0.15) is 4.98 Å². The molecule has 0 aliphatic heterocycles. The van der Waals surface area contributed by atoms with Gasteiger partial charge in [0.05, 0.1) is 5.38 Å². The number of hydrogen-bond acceptors (Lipinski definition) is 5. The van der Waals surface area contributed by atoms with E-state index in [1.807, 2.05) is 0 Å². The molecule has 1 amide bonds. The molecule has 0 aliphatic rings. The standard InChI is InChI=1S/C4H5N3O2S/c5-3-7-2(1-10-3)9-4(6)8/h1H,(H2,5,7)(H2,6,8). The summed E-state index contributed by atoms with van der Waals surface area (Å²) in [7, 11) is 0. The number of anilines is 1. The second kappa shape index (κ2) is 2.53. The second-order valence-corrected chi connectivity index (χ2v) is 2.33. The molecule has 1 aromatic rings. The fraction of sp³-hybridized carbons (Fsp3) is 0. The number of amides is 1. The van der Waals surface area contributed by atoms with E-state index in [2.05, 4.69) is 9.72 Å². The Balaban J connectivity index is 2.67. The molecule has 0 bridgehead atoms. The summed E-state index contributed by atoms with van der Waals surface area (Å²) >= 11 is 1.18. The monoisotopic (exact) mass is 159 g/mol. The van der Waals surface area contributed by atoms with Crippen molar-refractivity contribution in [2.45, 2.75) is 0 Å². The summed E-state index contributed by atoms with van der Waals surface area (Å²) in [5, 5.41) is 1.84. The Morgan fingerprint density at radius 1 is 1.80 bits per heavy atom. The third-order valence-electron chi connectivity index (χ3n) is 0.706. The van der Waals surface area contributed by atoms with Gasteiger partial charge in [0.1, 0.15) is 0 Å². The Labute approximate surface area is 60.6 Å². The molecular weight excluding hydrogens is 154 g/mol. The molecule has 54 valence electrons. The van der Waals surface area contributed by atoms with Gasteiger partial charge >= 0.3 is 6.09 Å². The molecule has 0 aliphatic carbocycles. The maximum Gasteiger partial charge on any atom is 0.411 e. The van der Waals surface area contributed by atoms with Crippen molar-refractivity contribution in [2.75, 3.05) is 5.73 Å². The average molecular weight is 159 g/mol. The summed E-state index contributed by atoms with van der Waals surface area (Å²) in [6.45, 7) is 0. The van der Waals surface area contributed by atoms with Crippen molar-refractivity contribution in [3.05, 3.63) is 5.38 Å². The quantitative estimate of drug-likeness (QED) is 0.611. The lowest BCUT2D eigenvalue weighted by atomic mass is 10.9. The number of primary amides is 1. The van der Waals surface area contributed by atoms with Gasteiger partial charge in [0.2, 0.25) is 5.88 Å². The fourth-order valence-corrected chi connectivity index (χ4v) is 0.887. The minimum absolute atomic E-state index is 0.148. The first-order chi connectivity index (χ1) is 4.68. The lowest BCUT2D eigenvalue weighted by Crippen LogP contribution is -2.16. The number of aromatic nitrogens is 1. The average Bonchev–Trinajstić information content (AvgIpc) is 2.13. The zero-order chi connectivity index (χ0) is 7.56. The van der Waals surface area contributed by atoms with E-state index in [9.17, 15) is 4.79 Å². The van der Waals surface area contributed by atoms with Gasteiger partial charge in [0, 0.05) is 0 Å². The predicted octanol–water partition coefficient (Wildman–Crippen LogP) is 0.183. The molecule has 0 radical (unpaired) electrons. The number of carbonyl (C=O) groups excluding carboxylic acids is 1. The highest BCUT2D eigenvalue weighted by Crippen LogP contribution is 2.17. The molecule has 1 heterocycles. The SMILES string of the molecule is NC(=O)Oc1csc(N)n1. The first-order valence-electron chi connectivity index (χ1n) is 2.37. The van der Waals surface area contributed by atoms with E-state index in [4.69, 9.17) is 11.5 Å². The highest BCUT2D eigenvalue weighted by atomic mass is 32.1. The van der Waals surface area contributed by atoms with Crippen molar-refractivity contribution in [2.24, 2.45) is 5.73 Å². The number of nitrogens with two attached hydrogens (primary N) is 2. The highest BCUT2D eigenvalue weighted by Gasteiger charge is 2.01. The number of rotatable bonds is 1. The topological polar surface area (TPSA) is 91.2 Å². The van der Waals surface area contributed by atoms with Gasteiger partial charge < -0.3 is 16.2 Å². The molecule has 0 unspecified atom stereocenters. The molecule has 0 spiro atoms. The van der Waals surface area contributed by atoms with Crippen LogP contribution in [0.2, 0.25) is 0 Å². The molecule has 10 heavy (non-hydrogen) atoms. The van der Waals surface area contributed by atoms with E-state index >= 15 is 0 Å². The molecule has 0 atom stereocenters. The summed E-state index contributed by atoms with van der Waals surface area (Å²) in [5.74, 6) is 0.148. The number of nitrogens with zero attached hydrogens (tertiary/aromatic N) is 1. The minimum atomic E-state index is -0.884. The molecule has 1 aromatic heterocycles. The summed E-state index contributed by atoms with van der Waals surface area (Å²) in [5.41, 5.74) is 9.93.